The lowest BCUT2D eigenvalue weighted by atomic mass is 9.97. The molecule has 0 bridgehead atoms. The van der Waals surface area contributed by atoms with Gasteiger partial charge >= 0.3 is 0 Å². The van der Waals surface area contributed by atoms with E-state index in [-0.39, 0.29) is 11.2 Å². The normalized spacial score (nSPS) is 13.1. The number of rotatable bonds is 7. The molecule has 3 aromatic rings. The fraction of sp³-hybridized carbons (Fsp3) is 0.318. The van der Waals surface area contributed by atoms with Crippen LogP contribution in [0.4, 0.5) is 5.69 Å². The number of nitrogens with one attached hydrogen (secondary N) is 1. The average Bonchev–Trinajstić information content (AvgIpc) is 3.16. The number of aryl methyl sites for hydroxylation is 1. The zero-order valence-electron chi connectivity index (χ0n) is 16.6. The van der Waals surface area contributed by atoms with Crippen molar-refractivity contribution in [3.8, 4) is 11.5 Å². The molecule has 0 radical (unpaired) electrons. The number of benzene rings is 2. The maximum atomic E-state index is 12.7. The molecule has 0 saturated carbocycles. The Morgan fingerprint density at radius 3 is 2.68 bits per heavy atom. The van der Waals surface area contributed by atoms with Crippen LogP contribution in [0.3, 0.4) is 0 Å². The van der Waals surface area contributed by atoms with Gasteiger partial charge in [-0.1, -0.05) is 61.5 Å². The summed E-state index contributed by atoms with van der Waals surface area (Å²) in [7, 11) is 0. The lowest BCUT2D eigenvalue weighted by Gasteiger charge is -2.17. The molecule has 2 atom stereocenters. The van der Waals surface area contributed by atoms with Gasteiger partial charge in [0.05, 0.1) is 5.25 Å². The molecule has 5 nitrogen and oxygen atoms in total. The Labute approximate surface area is 170 Å². The summed E-state index contributed by atoms with van der Waals surface area (Å²) in [5.74, 6) is 0.754. The number of carbonyl (C=O) groups is 1. The quantitative estimate of drug-likeness (QED) is 0.521. The second-order valence-electron chi connectivity index (χ2n) is 6.89. The van der Waals surface area contributed by atoms with Gasteiger partial charge in [-0.25, -0.2) is 0 Å². The molecule has 0 spiro atoms. The minimum Gasteiger partial charge on any atom is -0.411 e. The van der Waals surface area contributed by atoms with Crippen LogP contribution in [0, 0.1) is 6.92 Å². The summed E-state index contributed by atoms with van der Waals surface area (Å²) >= 11 is 1.26. The number of para-hydroxylation sites is 1. The minimum atomic E-state index is -0.365. The highest BCUT2D eigenvalue weighted by Gasteiger charge is 2.20. The molecule has 1 N–H and O–H groups in total. The zero-order valence-corrected chi connectivity index (χ0v) is 17.4. The van der Waals surface area contributed by atoms with Crippen molar-refractivity contribution in [3.05, 3.63) is 59.7 Å². The fourth-order valence-corrected chi connectivity index (χ4v) is 3.54. The maximum Gasteiger partial charge on any atom is 0.277 e. The average molecular weight is 396 g/mol. The van der Waals surface area contributed by atoms with Gasteiger partial charge in [-0.15, -0.1) is 10.2 Å². The van der Waals surface area contributed by atoms with Crippen LogP contribution >= 0.6 is 11.8 Å². The summed E-state index contributed by atoms with van der Waals surface area (Å²) in [5, 5.41) is 11.2. The standard InChI is InChI=1S/C22H25N3O2S/c1-5-15(3)18-11-6-7-12-19(18)23-20(26)16(4)28-22-25-24-21(27-22)17-10-8-9-14(2)13-17/h6-13,15-16H,5H2,1-4H3,(H,23,26)/t15-,16-/m0/s1. The van der Waals surface area contributed by atoms with Crippen molar-refractivity contribution >= 4 is 23.4 Å². The van der Waals surface area contributed by atoms with Crippen LogP contribution in [-0.2, 0) is 4.79 Å². The fourth-order valence-electron chi connectivity index (χ4n) is 2.85. The number of carbonyl (C=O) groups excluding carboxylic acids is 1. The van der Waals surface area contributed by atoms with Gasteiger partial charge in [-0.3, -0.25) is 4.79 Å². The highest BCUT2D eigenvalue weighted by molar-refractivity contribution is 8.00. The van der Waals surface area contributed by atoms with Crippen molar-refractivity contribution in [1.82, 2.24) is 10.2 Å². The smallest absolute Gasteiger partial charge is 0.277 e. The molecule has 1 amide bonds. The monoisotopic (exact) mass is 395 g/mol. The van der Waals surface area contributed by atoms with Gasteiger partial charge in [0.1, 0.15) is 0 Å². The Hall–Kier alpha value is -2.60. The van der Waals surface area contributed by atoms with E-state index >= 15 is 0 Å². The van der Waals surface area contributed by atoms with Crippen molar-refractivity contribution in [1.29, 1.82) is 0 Å². The first-order valence-corrected chi connectivity index (χ1v) is 10.3. The molecule has 146 valence electrons. The molecule has 0 unspecified atom stereocenters. The van der Waals surface area contributed by atoms with Gasteiger partial charge in [0.25, 0.3) is 5.22 Å². The van der Waals surface area contributed by atoms with E-state index in [9.17, 15) is 4.79 Å². The number of hydrogen-bond donors (Lipinski definition) is 1. The van der Waals surface area contributed by atoms with Gasteiger partial charge < -0.3 is 9.73 Å². The maximum absolute atomic E-state index is 12.7. The van der Waals surface area contributed by atoms with Crippen LogP contribution in [0.25, 0.3) is 11.5 Å². The Morgan fingerprint density at radius 2 is 1.93 bits per heavy atom. The van der Waals surface area contributed by atoms with E-state index in [1.165, 1.54) is 11.8 Å². The van der Waals surface area contributed by atoms with Gasteiger partial charge in [0.2, 0.25) is 11.8 Å². The van der Waals surface area contributed by atoms with Gasteiger partial charge in [0, 0.05) is 11.3 Å². The van der Waals surface area contributed by atoms with Crippen molar-refractivity contribution in [2.45, 2.75) is 50.5 Å². The molecule has 1 heterocycles. The Bertz CT molecular complexity index is 954. The first-order chi connectivity index (χ1) is 13.5. The summed E-state index contributed by atoms with van der Waals surface area (Å²) in [4.78, 5) is 12.7. The lowest BCUT2D eigenvalue weighted by molar-refractivity contribution is -0.115. The number of hydrogen-bond acceptors (Lipinski definition) is 5. The molecule has 2 aromatic carbocycles. The summed E-state index contributed by atoms with van der Waals surface area (Å²) in [6, 6.07) is 15.8. The number of nitrogens with zero attached hydrogens (tertiary/aromatic N) is 2. The van der Waals surface area contributed by atoms with E-state index in [1.54, 1.807) is 0 Å². The van der Waals surface area contributed by atoms with Crippen LogP contribution in [-0.4, -0.2) is 21.4 Å². The van der Waals surface area contributed by atoms with Crippen LogP contribution < -0.4 is 5.32 Å². The molecule has 1 aromatic heterocycles. The Kier molecular flexibility index (Phi) is 6.52. The molecule has 0 aliphatic carbocycles. The van der Waals surface area contributed by atoms with Crippen molar-refractivity contribution < 1.29 is 9.21 Å². The van der Waals surface area contributed by atoms with Crippen LogP contribution in [0.2, 0.25) is 0 Å². The zero-order chi connectivity index (χ0) is 20.1. The van der Waals surface area contributed by atoms with Gasteiger partial charge in [-0.05, 0) is 49.9 Å². The lowest BCUT2D eigenvalue weighted by Crippen LogP contribution is -2.23. The van der Waals surface area contributed by atoms with E-state index in [4.69, 9.17) is 4.42 Å². The Balaban J connectivity index is 1.67. The van der Waals surface area contributed by atoms with Crippen molar-refractivity contribution in [3.63, 3.8) is 0 Å². The van der Waals surface area contributed by atoms with Gasteiger partial charge in [0.15, 0.2) is 0 Å². The van der Waals surface area contributed by atoms with Gasteiger partial charge in [-0.2, -0.15) is 0 Å². The molecule has 28 heavy (non-hydrogen) atoms. The summed E-state index contributed by atoms with van der Waals surface area (Å²) in [6.07, 6.45) is 1.01. The SMILES string of the molecule is CC[C@H](C)c1ccccc1NC(=O)[C@H](C)Sc1nnc(-c2cccc(C)c2)o1. The second kappa shape index (κ2) is 9.06. The van der Waals surface area contributed by atoms with Crippen LogP contribution in [0.15, 0.2) is 58.2 Å². The number of amides is 1. The predicted octanol–water partition coefficient (Wildman–Crippen LogP) is 5.68. The summed E-state index contributed by atoms with van der Waals surface area (Å²) in [6.45, 7) is 8.15. The molecule has 0 aliphatic rings. The summed E-state index contributed by atoms with van der Waals surface area (Å²) in [5.41, 5.74) is 4.01. The Morgan fingerprint density at radius 1 is 1.14 bits per heavy atom. The second-order valence-corrected chi connectivity index (χ2v) is 8.18. The topological polar surface area (TPSA) is 68.0 Å². The third-order valence-electron chi connectivity index (χ3n) is 4.68. The molecule has 6 heteroatoms. The minimum absolute atomic E-state index is 0.0870. The molecule has 0 aliphatic heterocycles. The highest BCUT2D eigenvalue weighted by atomic mass is 32.2. The molecular formula is C22H25N3O2S. The molecule has 0 fully saturated rings. The summed E-state index contributed by atoms with van der Waals surface area (Å²) < 4.78 is 5.74. The van der Waals surface area contributed by atoms with E-state index in [0.29, 0.717) is 17.0 Å². The molecular weight excluding hydrogens is 370 g/mol. The van der Waals surface area contributed by atoms with Crippen LogP contribution in [0.1, 0.15) is 44.2 Å². The van der Waals surface area contributed by atoms with E-state index in [1.807, 2.05) is 56.3 Å². The van der Waals surface area contributed by atoms with Crippen LogP contribution in [0.5, 0.6) is 0 Å². The van der Waals surface area contributed by atoms with E-state index < -0.39 is 0 Å². The van der Waals surface area contributed by atoms with E-state index in [2.05, 4.69) is 35.4 Å². The first kappa shape index (κ1) is 20.1. The van der Waals surface area contributed by atoms with E-state index in [0.717, 1.165) is 28.8 Å². The number of aromatic nitrogens is 2. The number of thioether (sulfide) groups is 1. The predicted molar refractivity (Wildman–Crippen MR) is 114 cm³/mol. The molecule has 3 rings (SSSR count). The highest BCUT2D eigenvalue weighted by Crippen LogP contribution is 2.29. The van der Waals surface area contributed by atoms with Crippen molar-refractivity contribution in [2.75, 3.05) is 5.32 Å². The molecule has 0 saturated heterocycles. The number of anilines is 1. The third kappa shape index (κ3) is 4.81. The first-order valence-electron chi connectivity index (χ1n) is 9.45. The third-order valence-corrected chi connectivity index (χ3v) is 5.61. The van der Waals surface area contributed by atoms with Crippen molar-refractivity contribution in [2.24, 2.45) is 0 Å². The largest absolute Gasteiger partial charge is 0.411 e.